The van der Waals surface area contributed by atoms with Crippen molar-refractivity contribution in [2.75, 3.05) is 13.1 Å². The van der Waals surface area contributed by atoms with Crippen LogP contribution in [-0.4, -0.2) is 19.0 Å². The molecule has 3 N–H and O–H groups in total. The van der Waals surface area contributed by atoms with Crippen molar-refractivity contribution in [2.45, 2.75) is 19.3 Å². The van der Waals surface area contributed by atoms with E-state index in [9.17, 15) is 4.79 Å². The Bertz CT molecular complexity index is 564. The maximum absolute atomic E-state index is 12.6. The number of rotatable bonds is 4. The number of carbonyl (C=O) groups excluding carboxylic acids is 1. The lowest BCUT2D eigenvalue weighted by molar-refractivity contribution is -0.123. The van der Waals surface area contributed by atoms with Gasteiger partial charge in [-0.3, -0.25) is 4.79 Å². The highest BCUT2D eigenvalue weighted by Crippen LogP contribution is 2.41. The van der Waals surface area contributed by atoms with E-state index in [0.717, 1.165) is 30.6 Å². The fraction of sp³-hybridized carbons (Fsp3) is 0.316. The predicted molar refractivity (Wildman–Crippen MR) is 90.6 cm³/mol. The Morgan fingerprint density at radius 2 is 1.50 bits per heavy atom. The molecule has 2 aromatic carbocycles. The average molecular weight is 296 g/mol. The van der Waals surface area contributed by atoms with Crippen LogP contribution in [0.15, 0.2) is 60.7 Å². The number of hydrogen-bond acceptors (Lipinski definition) is 2. The van der Waals surface area contributed by atoms with E-state index < -0.39 is 5.41 Å². The van der Waals surface area contributed by atoms with Gasteiger partial charge in [0.25, 0.3) is 0 Å². The minimum absolute atomic E-state index is 0. The highest BCUT2D eigenvalue weighted by Gasteiger charge is 2.48. The second-order valence-electron chi connectivity index (χ2n) is 5.59. The molecule has 1 amide bonds. The lowest BCUT2D eigenvalue weighted by Gasteiger charge is -2.37. The molecule has 0 spiro atoms. The van der Waals surface area contributed by atoms with Gasteiger partial charge in [0.1, 0.15) is 5.41 Å². The maximum atomic E-state index is 12.6. The standard InChI is InChI=1S/C18H20N2O.CH4/c19-17(21)18(16-11-12-20-13-16,14-7-3-1-4-8-14)15-9-5-2-6-10-15;/h1-10,16,20H,11-13H2,(H2,19,21);1H4/t16-;/m1./s1. The summed E-state index contributed by atoms with van der Waals surface area (Å²) in [6.45, 7) is 1.74. The Morgan fingerprint density at radius 1 is 1.00 bits per heavy atom. The third kappa shape index (κ3) is 2.53. The maximum Gasteiger partial charge on any atom is 0.232 e. The zero-order valence-electron chi connectivity index (χ0n) is 12.0. The van der Waals surface area contributed by atoms with Gasteiger partial charge in [-0.15, -0.1) is 0 Å². The van der Waals surface area contributed by atoms with Crippen LogP contribution >= 0.6 is 0 Å². The van der Waals surface area contributed by atoms with Gasteiger partial charge in [-0.25, -0.2) is 0 Å². The van der Waals surface area contributed by atoms with Crippen molar-refractivity contribution in [3.8, 4) is 0 Å². The summed E-state index contributed by atoms with van der Waals surface area (Å²) < 4.78 is 0. The second-order valence-corrected chi connectivity index (χ2v) is 5.59. The van der Waals surface area contributed by atoms with Crippen LogP contribution in [0.5, 0.6) is 0 Å². The van der Waals surface area contributed by atoms with E-state index in [4.69, 9.17) is 5.73 Å². The zero-order chi connectivity index (χ0) is 14.7. The summed E-state index contributed by atoms with van der Waals surface area (Å²) in [6.07, 6.45) is 0.951. The van der Waals surface area contributed by atoms with Crippen molar-refractivity contribution >= 4 is 5.91 Å². The quantitative estimate of drug-likeness (QED) is 0.911. The first-order chi connectivity index (χ1) is 10.3. The largest absolute Gasteiger partial charge is 0.369 e. The monoisotopic (exact) mass is 296 g/mol. The van der Waals surface area contributed by atoms with Gasteiger partial charge < -0.3 is 11.1 Å². The van der Waals surface area contributed by atoms with Gasteiger partial charge in [-0.1, -0.05) is 68.1 Å². The third-order valence-corrected chi connectivity index (χ3v) is 4.52. The Kier molecular flexibility index (Phi) is 4.99. The average Bonchev–Trinajstić information content (AvgIpc) is 3.04. The third-order valence-electron chi connectivity index (χ3n) is 4.52. The fourth-order valence-electron chi connectivity index (χ4n) is 3.55. The SMILES string of the molecule is C.NC(=O)C(c1ccccc1)(c1ccccc1)[C@@H]1CCNC1. The number of hydrogen-bond donors (Lipinski definition) is 2. The predicted octanol–water partition coefficient (Wildman–Crippen LogP) is 2.70. The molecule has 3 heteroatoms. The summed E-state index contributed by atoms with van der Waals surface area (Å²) in [5, 5.41) is 3.36. The van der Waals surface area contributed by atoms with E-state index >= 15 is 0 Å². The van der Waals surface area contributed by atoms with E-state index in [2.05, 4.69) is 5.32 Å². The molecule has 3 nitrogen and oxygen atoms in total. The van der Waals surface area contributed by atoms with Gasteiger partial charge in [-0.05, 0) is 36.6 Å². The number of primary amides is 1. The van der Waals surface area contributed by atoms with Crippen molar-refractivity contribution in [3.63, 3.8) is 0 Å². The van der Waals surface area contributed by atoms with E-state index in [1.54, 1.807) is 0 Å². The van der Waals surface area contributed by atoms with E-state index in [1.165, 1.54) is 0 Å². The Balaban J connectivity index is 0.00000176. The van der Waals surface area contributed by atoms with Crippen LogP contribution in [-0.2, 0) is 10.2 Å². The van der Waals surface area contributed by atoms with Crippen LogP contribution < -0.4 is 11.1 Å². The number of nitrogens with one attached hydrogen (secondary N) is 1. The number of carbonyl (C=O) groups is 1. The zero-order valence-corrected chi connectivity index (χ0v) is 12.0. The number of benzene rings is 2. The molecular weight excluding hydrogens is 272 g/mol. The molecule has 1 aliphatic rings. The minimum Gasteiger partial charge on any atom is -0.369 e. The summed E-state index contributed by atoms with van der Waals surface area (Å²) in [7, 11) is 0. The van der Waals surface area contributed by atoms with Crippen LogP contribution in [0.25, 0.3) is 0 Å². The van der Waals surface area contributed by atoms with E-state index in [0.29, 0.717) is 0 Å². The van der Waals surface area contributed by atoms with Crippen molar-refractivity contribution in [3.05, 3.63) is 71.8 Å². The molecule has 0 aliphatic carbocycles. The van der Waals surface area contributed by atoms with Gasteiger partial charge in [0, 0.05) is 0 Å². The molecule has 1 heterocycles. The molecule has 0 saturated carbocycles. The smallest absolute Gasteiger partial charge is 0.232 e. The van der Waals surface area contributed by atoms with Crippen molar-refractivity contribution in [2.24, 2.45) is 11.7 Å². The van der Waals surface area contributed by atoms with E-state index in [1.807, 2.05) is 60.7 Å². The number of amides is 1. The molecule has 0 aromatic heterocycles. The van der Waals surface area contributed by atoms with Crippen LogP contribution in [0, 0.1) is 5.92 Å². The van der Waals surface area contributed by atoms with Crippen molar-refractivity contribution < 1.29 is 4.79 Å². The van der Waals surface area contributed by atoms with E-state index in [-0.39, 0.29) is 19.3 Å². The summed E-state index contributed by atoms with van der Waals surface area (Å²) in [5.74, 6) is -0.0894. The highest BCUT2D eigenvalue weighted by atomic mass is 16.1. The van der Waals surface area contributed by atoms with Gasteiger partial charge in [0.2, 0.25) is 5.91 Å². The van der Waals surface area contributed by atoms with Gasteiger partial charge in [-0.2, -0.15) is 0 Å². The second kappa shape index (κ2) is 6.75. The molecule has 1 atom stereocenters. The van der Waals surface area contributed by atoms with Crippen LogP contribution in [0.4, 0.5) is 0 Å². The molecule has 1 aliphatic heterocycles. The first-order valence-electron chi connectivity index (χ1n) is 7.38. The van der Waals surface area contributed by atoms with Crippen LogP contribution in [0.1, 0.15) is 25.0 Å². The molecule has 0 radical (unpaired) electrons. The summed E-state index contributed by atoms with van der Waals surface area (Å²) in [5.41, 5.74) is 7.16. The lowest BCUT2D eigenvalue weighted by atomic mass is 9.65. The summed E-state index contributed by atoms with van der Waals surface area (Å²) in [4.78, 5) is 12.6. The Morgan fingerprint density at radius 3 is 1.86 bits per heavy atom. The minimum atomic E-state index is -0.758. The molecule has 116 valence electrons. The first kappa shape index (κ1) is 16.2. The van der Waals surface area contributed by atoms with Crippen molar-refractivity contribution in [1.29, 1.82) is 0 Å². The Labute approximate surface area is 132 Å². The van der Waals surface area contributed by atoms with Gasteiger partial charge in [0.15, 0.2) is 0 Å². The molecular formula is C19H24N2O. The molecule has 22 heavy (non-hydrogen) atoms. The molecule has 0 bridgehead atoms. The molecule has 3 rings (SSSR count). The van der Waals surface area contributed by atoms with Crippen LogP contribution in [0.2, 0.25) is 0 Å². The number of nitrogens with two attached hydrogens (primary N) is 1. The molecule has 1 saturated heterocycles. The molecule has 2 aromatic rings. The summed E-state index contributed by atoms with van der Waals surface area (Å²) in [6, 6.07) is 19.9. The summed E-state index contributed by atoms with van der Waals surface area (Å²) >= 11 is 0. The molecule has 1 fully saturated rings. The highest BCUT2D eigenvalue weighted by molar-refractivity contribution is 5.91. The first-order valence-corrected chi connectivity index (χ1v) is 7.38. The van der Waals surface area contributed by atoms with Crippen molar-refractivity contribution in [1.82, 2.24) is 5.32 Å². The topological polar surface area (TPSA) is 55.1 Å². The van der Waals surface area contributed by atoms with Gasteiger partial charge in [0.05, 0.1) is 0 Å². The fourth-order valence-corrected chi connectivity index (χ4v) is 3.55. The van der Waals surface area contributed by atoms with Gasteiger partial charge >= 0.3 is 0 Å². The van der Waals surface area contributed by atoms with Crippen LogP contribution in [0.3, 0.4) is 0 Å². The lowest BCUT2D eigenvalue weighted by Crippen LogP contribution is -2.49. The Hall–Kier alpha value is -2.13. The normalized spacial score (nSPS) is 17.7. The molecule has 0 unspecified atom stereocenters.